The van der Waals surface area contributed by atoms with E-state index in [4.69, 9.17) is 0 Å². The predicted octanol–water partition coefficient (Wildman–Crippen LogP) is 1.22. The van der Waals surface area contributed by atoms with Crippen LogP contribution >= 0.6 is 0 Å². The molecule has 0 aromatic heterocycles. The van der Waals surface area contributed by atoms with E-state index >= 15 is 0 Å². The second-order valence-electron chi connectivity index (χ2n) is 5.92. The Morgan fingerprint density at radius 3 is 2.25 bits per heavy atom. The number of nitrogens with one attached hydrogen (secondary N) is 1. The average Bonchev–Trinajstić information content (AvgIpc) is 2.51. The summed E-state index contributed by atoms with van der Waals surface area (Å²) in [5.74, 6) is 0.516. The third kappa shape index (κ3) is 2.41. The number of piperidine rings is 1. The van der Waals surface area contributed by atoms with E-state index in [0.717, 1.165) is 12.1 Å². The highest BCUT2D eigenvalue weighted by molar-refractivity contribution is 4.96. The van der Waals surface area contributed by atoms with Crippen LogP contribution in [0, 0.1) is 5.92 Å². The largest absolute Gasteiger partial charge is 0.395 e. The molecule has 2 unspecified atom stereocenters. The van der Waals surface area contributed by atoms with Gasteiger partial charge in [-0.15, -0.1) is 0 Å². The lowest BCUT2D eigenvalue weighted by atomic mass is 9.95. The summed E-state index contributed by atoms with van der Waals surface area (Å²) in [6, 6.07) is 2.45. The highest BCUT2D eigenvalue weighted by Gasteiger charge is 2.38. The minimum Gasteiger partial charge on any atom is -0.395 e. The first kappa shape index (κ1) is 12.3. The van der Waals surface area contributed by atoms with Gasteiger partial charge in [0.25, 0.3) is 0 Å². The van der Waals surface area contributed by atoms with Crippen LogP contribution in [-0.4, -0.2) is 47.8 Å². The molecule has 2 aliphatic rings. The molecule has 0 amide bonds. The van der Waals surface area contributed by atoms with E-state index in [1.807, 2.05) is 0 Å². The fourth-order valence-corrected chi connectivity index (χ4v) is 3.31. The van der Waals surface area contributed by atoms with E-state index < -0.39 is 0 Å². The molecular weight excluding hydrogens is 200 g/mol. The molecule has 16 heavy (non-hydrogen) atoms. The van der Waals surface area contributed by atoms with E-state index in [-0.39, 0.29) is 12.6 Å². The minimum atomic E-state index is 0.263. The molecule has 0 aromatic carbocycles. The normalized spacial score (nSPS) is 36.9. The summed E-state index contributed by atoms with van der Waals surface area (Å²) in [5, 5.41) is 13.0. The zero-order valence-electron chi connectivity index (χ0n) is 10.8. The van der Waals surface area contributed by atoms with Gasteiger partial charge in [0.15, 0.2) is 0 Å². The third-order valence-electron chi connectivity index (χ3n) is 4.55. The van der Waals surface area contributed by atoms with Crippen molar-refractivity contribution in [1.29, 1.82) is 0 Å². The predicted molar refractivity (Wildman–Crippen MR) is 66.4 cm³/mol. The summed E-state index contributed by atoms with van der Waals surface area (Å²) < 4.78 is 0. The van der Waals surface area contributed by atoms with E-state index in [0.29, 0.717) is 12.0 Å². The molecule has 0 spiro atoms. The summed E-state index contributed by atoms with van der Waals surface area (Å²) in [6.45, 7) is 4.62. The Labute approximate surface area is 99.2 Å². The SMILES string of the molecule is CC(C)[C@@H](CO)NC1CC2CCC(C1)N2C. The Kier molecular flexibility index (Phi) is 3.88. The van der Waals surface area contributed by atoms with Crippen LogP contribution in [0.25, 0.3) is 0 Å². The second kappa shape index (κ2) is 5.03. The van der Waals surface area contributed by atoms with E-state index in [1.165, 1.54) is 25.7 Å². The maximum absolute atomic E-state index is 9.35. The molecule has 0 saturated carbocycles. The van der Waals surface area contributed by atoms with Crippen molar-refractivity contribution >= 4 is 0 Å². The topological polar surface area (TPSA) is 35.5 Å². The van der Waals surface area contributed by atoms with Crippen LogP contribution in [0.2, 0.25) is 0 Å². The zero-order chi connectivity index (χ0) is 11.7. The van der Waals surface area contributed by atoms with Crippen LogP contribution < -0.4 is 5.32 Å². The summed E-state index contributed by atoms with van der Waals surface area (Å²) in [5.41, 5.74) is 0. The number of hydrogen-bond acceptors (Lipinski definition) is 3. The van der Waals surface area contributed by atoms with Crippen molar-refractivity contribution in [2.24, 2.45) is 5.92 Å². The molecule has 2 N–H and O–H groups in total. The summed E-state index contributed by atoms with van der Waals surface area (Å²) >= 11 is 0. The van der Waals surface area contributed by atoms with Crippen molar-refractivity contribution in [3.63, 3.8) is 0 Å². The van der Waals surface area contributed by atoms with Crippen molar-refractivity contribution < 1.29 is 5.11 Å². The standard InChI is InChI=1S/C13H26N2O/c1-9(2)13(8-16)14-10-6-11-4-5-12(7-10)15(11)3/h9-14,16H,4-8H2,1-3H3/t10?,11?,12?,13-/m1/s1. The van der Waals surface area contributed by atoms with E-state index in [9.17, 15) is 5.11 Å². The molecule has 3 atom stereocenters. The van der Waals surface area contributed by atoms with Gasteiger partial charge >= 0.3 is 0 Å². The maximum Gasteiger partial charge on any atom is 0.0587 e. The zero-order valence-corrected chi connectivity index (χ0v) is 10.8. The molecule has 2 bridgehead atoms. The average molecular weight is 226 g/mol. The van der Waals surface area contributed by atoms with Gasteiger partial charge in [0.2, 0.25) is 0 Å². The highest BCUT2D eigenvalue weighted by atomic mass is 16.3. The summed E-state index contributed by atoms with van der Waals surface area (Å²) in [4.78, 5) is 2.56. The fourth-order valence-electron chi connectivity index (χ4n) is 3.31. The third-order valence-corrected chi connectivity index (χ3v) is 4.55. The number of nitrogens with zero attached hydrogens (tertiary/aromatic N) is 1. The highest BCUT2D eigenvalue weighted by Crippen LogP contribution is 2.34. The second-order valence-corrected chi connectivity index (χ2v) is 5.92. The first-order valence-corrected chi connectivity index (χ1v) is 6.70. The van der Waals surface area contributed by atoms with Gasteiger partial charge < -0.3 is 15.3 Å². The smallest absolute Gasteiger partial charge is 0.0587 e. The van der Waals surface area contributed by atoms with Gasteiger partial charge in [0, 0.05) is 24.2 Å². The number of hydrogen-bond donors (Lipinski definition) is 2. The number of fused-ring (bicyclic) bond motifs is 2. The monoisotopic (exact) mass is 226 g/mol. The van der Waals surface area contributed by atoms with Gasteiger partial charge in [0.1, 0.15) is 0 Å². The van der Waals surface area contributed by atoms with Crippen molar-refractivity contribution in [2.75, 3.05) is 13.7 Å². The molecule has 0 aromatic rings. The maximum atomic E-state index is 9.35. The Hall–Kier alpha value is -0.120. The first-order valence-electron chi connectivity index (χ1n) is 6.70. The molecular formula is C13H26N2O. The Morgan fingerprint density at radius 2 is 1.81 bits per heavy atom. The van der Waals surface area contributed by atoms with Gasteiger partial charge in [-0.2, -0.15) is 0 Å². The lowest BCUT2D eigenvalue weighted by molar-refractivity contribution is 0.124. The van der Waals surface area contributed by atoms with Gasteiger partial charge in [-0.1, -0.05) is 13.8 Å². The van der Waals surface area contributed by atoms with Crippen molar-refractivity contribution in [3.05, 3.63) is 0 Å². The fraction of sp³-hybridized carbons (Fsp3) is 1.00. The lowest BCUT2D eigenvalue weighted by Gasteiger charge is -2.38. The number of aliphatic hydroxyl groups excluding tert-OH is 1. The molecule has 2 rings (SSSR count). The van der Waals surface area contributed by atoms with Crippen molar-refractivity contribution in [3.8, 4) is 0 Å². The number of aliphatic hydroxyl groups is 1. The van der Waals surface area contributed by atoms with Crippen LogP contribution in [0.15, 0.2) is 0 Å². The minimum absolute atomic E-state index is 0.263. The molecule has 2 heterocycles. The molecule has 2 fully saturated rings. The number of rotatable bonds is 4. The van der Waals surface area contributed by atoms with Crippen molar-refractivity contribution in [1.82, 2.24) is 10.2 Å². The molecule has 3 nitrogen and oxygen atoms in total. The van der Waals surface area contributed by atoms with E-state index in [2.05, 4.69) is 31.1 Å². The summed E-state index contributed by atoms with van der Waals surface area (Å²) in [7, 11) is 2.27. The molecule has 0 radical (unpaired) electrons. The summed E-state index contributed by atoms with van der Waals surface area (Å²) in [6.07, 6.45) is 5.25. The van der Waals surface area contributed by atoms with Gasteiger partial charge in [-0.05, 0) is 38.6 Å². The van der Waals surface area contributed by atoms with Crippen LogP contribution in [0.5, 0.6) is 0 Å². The first-order chi connectivity index (χ1) is 7.61. The quantitative estimate of drug-likeness (QED) is 0.756. The Balaban J connectivity index is 1.88. The van der Waals surface area contributed by atoms with E-state index in [1.54, 1.807) is 0 Å². The molecule has 2 saturated heterocycles. The Bertz CT molecular complexity index is 218. The van der Waals surface area contributed by atoms with Gasteiger partial charge in [-0.3, -0.25) is 0 Å². The Morgan fingerprint density at radius 1 is 1.25 bits per heavy atom. The van der Waals surface area contributed by atoms with Crippen molar-refractivity contribution in [2.45, 2.75) is 63.7 Å². The lowest BCUT2D eigenvalue weighted by Crippen LogP contribution is -2.51. The molecule has 3 heteroatoms. The van der Waals surface area contributed by atoms with Crippen LogP contribution in [0.1, 0.15) is 39.5 Å². The van der Waals surface area contributed by atoms with Crippen LogP contribution in [0.4, 0.5) is 0 Å². The molecule has 94 valence electrons. The van der Waals surface area contributed by atoms with Gasteiger partial charge in [-0.25, -0.2) is 0 Å². The van der Waals surface area contributed by atoms with Gasteiger partial charge in [0.05, 0.1) is 6.61 Å². The molecule has 0 aliphatic carbocycles. The van der Waals surface area contributed by atoms with Crippen LogP contribution in [-0.2, 0) is 0 Å². The van der Waals surface area contributed by atoms with Crippen LogP contribution in [0.3, 0.4) is 0 Å². The molecule has 2 aliphatic heterocycles.